The van der Waals surface area contributed by atoms with E-state index in [1.807, 2.05) is 24.3 Å². The molecule has 0 N–H and O–H groups in total. The predicted molar refractivity (Wildman–Crippen MR) is 117 cm³/mol. The lowest BCUT2D eigenvalue weighted by Gasteiger charge is -2.39. The van der Waals surface area contributed by atoms with E-state index >= 15 is 0 Å². The lowest BCUT2D eigenvalue weighted by Crippen LogP contribution is -2.56. The molecule has 5 rings (SSSR count). The molecular weight excluding hydrogens is 430 g/mol. The van der Waals surface area contributed by atoms with Gasteiger partial charge in [0.1, 0.15) is 22.2 Å². The maximum Gasteiger partial charge on any atom is 0.329 e. The highest BCUT2D eigenvalue weighted by Crippen LogP contribution is 2.69. The molecule has 1 fully saturated rings. The topological polar surface area (TPSA) is 90.0 Å². The monoisotopic (exact) mass is 451 g/mol. The molecule has 2 heterocycles. The van der Waals surface area contributed by atoms with Gasteiger partial charge in [-0.3, -0.25) is 14.4 Å². The second-order valence-electron chi connectivity index (χ2n) is 8.13. The Morgan fingerprint density at radius 3 is 2.19 bits per heavy atom. The number of carbonyl (C=O) groups excluding carboxylic acids is 4. The van der Waals surface area contributed by atoms with Crippen molar-refractivity contribution in [1.82, 2.24) is 0 Å². The van der Waals surface area contributed by atoms with Gasteiger partial charge in [0, 0.05) is 16.0 Å². The summed E-state index contributed by atoms with van der Waals surface area (Å²) in [4.78, 5) is 56.0. The molecule has 0 amide bonds. The molecule has 32 heavy (non-hydrogen) atoms. The molecule has 3 aliphatic rings. The first-order chi connectivity index (χ1) is 15.3. The van der Waals surface area contributed by atoms with Crippen LogP contribution in [0.4, 0.5) is 5.69 Å². The number of ether oxygens (including phenoxy) is 2. The number of anilines is 1. The van der Waals surface area contributed by atoms with Gasteiger partial charge in [0.05, 0.1) is 19.4 Å². The number of Topliss-reactive ketones (excluding diaryl/α,β-unsaturated/α-hetero) is 2. The van der Waals surface area contributed by atoms with Crippen LogP contribution in [0.15, 0.2) is 53.4 Å². The first-order valence-electron chi connectivity index (χ1n) is 10.3. The number of benzene rings is 2. The number of thioether (sulfide) groups is 1. The molecule has 2 aliphatic heterocycles. The molecule has 8 heteroatoms. The van der Waals surface area contributed by atoms with Crippen LogP contribution in [0.25, 0.3) is 0 Å². The van der Waals surface area contributed by atoms with Crippen molar-refractivity contribution in [2.45, 2.75) is 29.7 Å². The van der Waals surface area contributed by atoms with Gasteiger partial charge >= 0.3 is 11.9 Å². The van der Waals surface area contributed by atoms with Crippen molar-refractivity contribution in [2.24, 2.45) is 11.3 Å². The van der Waals surface area contributed by atoms with E-state index < -0.39 is 45.8 Å². The number of nitrogens with zero attached hydrogens (tertiary/aromatic N) is 1. The van der Waals surface area contributed by atoms with E-state index in [0.29, 0.717) is 5.69 Å². The summed E-state index contributed by atoms with van der Waals surface area (Å²) in [6.07, 6.45) is 0. The first-order valence-corrected chi connectivity index (χ1v) is 11.2. The largest absolute Gasteiger partial charge is 0.469 e. The number of methoxy groups -OCH3 is 1. The van der Waals surface area contributed by atoms with E-state index in [1.54, 1.807) is 43.0 Å². The van der Waals surface area contributed by atoms with E-state index in [2.05, 4.69) is 0 Å². The summed E-state index contributed by atoms with van der Waals surface area (Å²) in [6.45, 7) is 3.52. The summed E-state index contributed by atoms with van der Waals surface area (Å²) < 4.78 is 10.4. The second-order valence-corrected chi connectivity index (χ2v) is 9.57. The van der Waals surface area contributed by atoms with Crippen LogP contribution in [0.5, 0.6) is 0 Å². The molecule has 1 spiro atoms. The van der Waals surface area contributed by atoms with Gasteiger partial charge < -0.3 is 14.4 Å². The minimum absolute atomic E-state index is 0.0949. The van der Waals surface area contributed by atoms with Crippen LogP contribution in [0.1, 0.15) is 34.6 Å². The Hall–Kier alpha value is -3.13. The number of rotatable bonds is 3. The van der Waals surface area contributed by atoms with Gasteiger partial charge in [-0.1, -0.05) is 48.2 Å². The van der Waals surface area contributed by atoms with Gasteiger partial charge in [-0.2, -0.15) is 0 Å². The minimum Gasteiger partial charge on any atom is -0.469 e. The number of fused-ring (bicyclic) bond motifs is 5. The van der Waals surface area contributed by atoms with Crippen molar-refractivity contribution >= 4 is 41.0 Å². The quantitative estimate of drug-likeness (QED) is 0.520. The Morgan fingerprint density at radius 2 is 1.59 bits per heavy atom. The molecule has 0 radical (unpaired) electrons. The van der Waals surface area contributed by atoms with E-state index in [4.69, 9.17) is 9.47 Å². The Labute approximate surface area is 189 Å². The lowest BCUT2D eigenvalue weighted by atomic mass is 9.67. The molecule has 2 aromatic carbocycles. The SMILES string of the molecule is CCOC(=O)[C@@H]1[C@@H](C(=O)OC)C2(C(=O)c3ccccc3C2=O)C2(C)Sc3ccccc3N12. The van der Waals surface area contributed by atoms with E-state index in [0.717, 1.165) is 4.90 Å². The Kier molecular flexibility index (Phi) is 4.50. The Bertz CT molecular complexity index is 1160. The van der Waals surface area contributed by atoms with Crippen LogP contribution < -0.4 is 4.90 Å². The van der Waals surface area contributed by atoms with Crippen LogP contribution in [-0.4, -0.2) is 48.1 Å². The molecule has 2 aromatic rings. The number of hydrogen-bond donors (Lipinski definition) is 0. The summed E-state index contributed by atoms with van der Waals surface area (Å²) in [5.41, 5.74) is -0.645. The van der Waals surface area contributed by atoms with Gasteiger partial charge in [0.15, 0.2) is 11.6 Å². The zero-order valence-electron chi connectivity index (χ0n) is 17.8. The average Bonchev–Trinajstić information content (AvgIpc) is 3.31. The summed E-state index contributed by atoms with van der Waals surface area (Å²) >= 11 is 1.32. The predicted octanol–water partition coefficient (Wildman–Crippen LogP) is 3.12. The summed E-state index contributed by atoms with van der Waals surface area (Å²) in [5.74, 6) is -3.74. The normalized spacial score (nSPS) is 26.7. The van der Waals surface area contributed by atoms with Gasteiger partial charge in [-0.25, -0.2) is 4.79 Å². The molecule has 164 valence electrons. The molecule has 0 aromatic heterocycles. The summed E-state index contributed by atoms with van der Waals surface area (Å²) in [6, 6.07) is 12.7. The molecule has 1 aliphatic carbocycles. The highest BCUT2D eigenvalue weighted by Gasteiger charge is 2.81. The third-order valence-corrected chi connectivity index (χ3v) is 8.28. The maximum absolute atomic E-state index is 14.1. The summed E-state index contributed by atoms with van der Waals surface area (Å²) in [5, 5.41) is 0. The lowest BCUT2D eigenvalue weighted by molar-refractivity contribution is -0.155. The van der Waals surface area contributed by atoms with Crippen molar-refractivity contribution in [3.8, 4) is 0 Å². The van der Waals surface area contributed by atoms with Crippen LogP contribution in [0, 0.1) is 11.3 Å². The Morgan fingerprint density at radius 1 is 1.00 bits per heavy atom. The van der Waals surface area contributed by atoms with E-state index in [-0.39, 0.29) is 17.7 Å². The number of esters is 2. The third-order valence-electron chi connectivity index (χ3n) is 6.80. The van der Waals surface area contributed by atoms with Gasteiger partial charge in [0.25, 0.3) is 0 Å². The van der Waals surface area contributed by atoms with Crippen LogP contribution in [0.3, 0.4) is 0 Å². The number of para-hydroxylation sites is 1. The maximum atomic E-state index is 14.1. The molecule has 7 nitrogen and oxygen atoms in total. The third kappa shape index (κ3) is 2.23. The molecule has 0 bridgehead atoms. The van der Waals surface area contributed by atoms with Crippen molar-refractivity contribution in [3.05, 3.63) is 59.7 Å². The second kappa shape index (κ2) is 6.93. The smallest absolute Gasteiger partial charge is 0.329 e. The molecule has 1 unspecified atom stereocenters. The van der Waals surface area contributed by atoms with Gasteiger partial charge in [-0.05, 0) is 26.0 Å². The first kappa shape index (κ1) is 20.8. The van der Waals surface area contributed by atoms with Crippen molar-refractivity contribution in [1.29, 1.82) is 0 Å². The molecular formula is C24H21NO6S. The van der Waals surface area contributed by atoms with Gasteiger partial charge in [0.2, 0.25) is 0 Å². The zero-order chi connectivity index (χ0) is 22.8. The van der Waals surface area contributed by atoms with E-state index in [1.165, 1.54) is 18.9 Å². The highest BCUT2D eigenvalue weighted by atomic mass is 32.2. The van der Waals surface area contributed by atoms with E-state index in [9.17, 15) is 19.2 Å². The fourth-order valence-corrected chi connectivity index (χ4v) is 7.24. The van der Waals surface area contributed by atoms with Gasteiger partial charge in [-0.15, -0.1) is 0 Å². The standard InChI is InChI=1S/C24H21NO6S/c1-4-31-22(29)18-17(21(28)30-3)24(19(26)13-9-5-6-10-14(13)20(24)27)23(2)25(18)15-11-7-8-12-16(15)32-23/h5-12,17-18H,4H2,1-3H3/t17-,18-,23?/m0/s1. The van der Waals surface area contributed by atoms with Crippen molar-refractivity contribution < 1.29 is 28.7 Å². The fourth-order valence-electron chi connectivity index (χ4n) is 5.61. The zero-order valence-corrected chi connectivity index (χ0v) is 18.6. The number of carbonyl (C=O) groups is 4. The van der Waals surface area contributed by atoms with Crippen LogP contribution in [-0.2, 0) is 19.1 Å². The van der Waals surface area contributed by atoms with Crippen LogP contribution >= 0.6 is 11.8 Å². The molecule has 3 atom stereocenters. The average molecular weight is 452 g/mol. The number of ketones is 2. The van der Waals surface area contributed by atoms with Crippen LogP contribution in [0.2, 0.25) is 0 Å². The fraction of sp³-hybridized carbons (Fsp3) is 0.333. The molecule has 1 saturated heterocycles. The summed E-state index contributed by atoms with van der Waals surface area (Å²) in [7, 11) is 1.20. The van der Waals surface area contributed by atoms with Crippen molar-refractivity contribution in [2.75, 3.05) is 18.6 Å². The Balaban J connectivity index is 1.84. The van der Waals surface area contributed by atoms with Crippen molar-refractivity contribution in [3.63, 3.8) is 0 Å². The highest BCUT2D eigenvalue weighted by molar-refractivity contribution is 8.01. The number of hydrogen-bond acceptors (Lipinski definition) is 8. The molecule has 0 saturated carbocycles. The minimum atomic E-state index is -1.84.